The summed E-state index contributed by atoms with van der Waals surface area (Å²) >= 11 is 0. The molecule has 0 aromatic carbocycles. The molecule has 1 atom stereocenters. The van der Waals surface area contributed by atoms with Crippen molar-refractivity contribution in [1.29, 1.82) is 0 Å². The van der Waals surface area contributed by atoms with Gasteiger partial charge >= 0.3 is 0 Å². The summed E-state index contributed by atoms with van der Waals surface area (Å²) < 4.78 is 5.37. The van der Waals surface area contributed by atoms with Gasteiger partial charge in [0.15, 0.2) is 0 Å². The number of nitrogens with one attached hydrogen (secondary N) is 1. The van der Waals surface area contributed by atoms with Crippen molar-refractivity contribution in [3.8, 4) is 0 Å². The number of unbranched alkanes of at least 4 members (excludes halogenated alkanes) is 4. The molecular formula is C13H29NO. The van der Waals surface area contributed by atoms with Crippen molar-refractivity contribution in [2.24, 2.45) is 0 Å². The summed E-state index contributed by atoms with van der Waals surface area (Å²) in [5.41, 5.74) is 0. The quantitative estimate of drug-likeness (QED) is 0.534. The molecule has 15 heavy (non-hydrogen) atoms. The van der Waals surface area contributed by atoms with Gasteiger partial charge in [0.1, 0.15) is 0 Å². The Bertz CT molecular complexity index is 117. The van der Waals surface area contributed by atoms with Crippen LogP contribution in [0.5, 0.6) is 0 Å². The number of ether oxygens (including phenoxy) is 1. The predicted octanol–water partition coefficient (Wildman–Crippen LogP) is 3.36. The molecule has 0 aliphatic rings. The van der Waals surface area contributed by atoms with Gasteiger partial charge in [0.05, 0.1) is 0 Å². The lowest BCUT2D eigenvalue weighted by Gasteiger charge is -2.15. The highest BCUT2D eigenvalue weighted by molar-refractivity contribution is 4.64. The van der Waals surface area contributed by atoms with Crippen molar-refractivity contribution >= 4 is 0 Å². The van der Waals surface area contributed by atoms with E-state index in [0.717, 1.165) is 19.6 Å². The van der Waals surface area contributed by atoms with E-state index in [1.807, 2.05) is 0 Å². The van der Waals surface area contributed by atoms with Crippen LogP contribution < -0.4 is 5.32 Å². The Kier molecular flexibility index (Phi) is 11.9. The van der Waals surface area contributed by atoms with E-state index < -0.39 is 0 Å². The second kappa shape index (κ2) is 12.0. The maximum Gasteiger partial charge on any atom is 0.0480 e. The first-order valence-corrected chi connectivity index (χ1v) is 6.60. The van der Waals surface area contributed by atoms with E-state index in [1.54, 1.807) is 0 Å². The van der Waals surface area contributed by atoms with Gasteiger partial charge < -0.3 is 10.1 Å². The molecule has 0 heterocycles. The number of hydrogen-bond acceptors (Lipinski definition) is 2. The normalized spacial score (nSPS) is 13.0. The van der Waals surface area contributed by atoms with Crippen LogP contribution in [0.15, 0.2) is 0 Å². The van der Waals surface area contributed by atoms with Crippen LogP contribution in [0, 0.1) is 0 Å². The van der Waals surface area contributed by atoms with Gasteiger partial charge in [0, 0.05) is 19.3 Å². The van der Waals surface area contributed by atoms with Gasteiger partial charge in [0.25, 0.3) is 0 Å². The first-order valence-electron chi connectivity index (χ1n) is 6.60. The molecule has 2 nitrogen and oxygen atoms in total. The molecule has 0 spiro atoms. The largest absolute Gasteiger partial charge is 0.382 e. The summed E-state index contributed by atoms with van der Waals surface area (Å²) in [7, 11) is 2.06. The third-order valence-corrected chi connectivity index (χ3v) is 2.88. The van der Waals surface area contributed by atoms with Crippen molar-refractivity contribution in [2.75, 3.05) is 20.3 Å². The summed E-state index contributed by atoms with van der Waals surface area (Å²) in [6.07, 6.45) is 9.32. The molecule has 0 saturated heterocycles. The zero-order valence-corrected chi connectivity index (χ0v) is 10.8. The van der Waals surface area contributed by atoms with E-state index in [2.05, 4.69) is 26.2 Å². The fourth-order valence-corrected chi connectivity index (χ4v) is 1.80. The fraction of sp³-hybridized carbons (Fsp3) is 1.00. The van der Waals surface area contributed by atoms with Crippen LogP contribution in [0.2, 0.25) is 0 Å². The van der Waals surface area contributed by atoms with E-state index in [1.165, 1.54) is 38.5 Å². The SMILES string of the molecule is CCCCCCCC(CCOCC)NC. The van der Waals surface area contributed by atoms with Crippen LogP contribution in [0.3, 0.4) is 0 Å². The van der Waals surface area contributed by atoms with Crippen molar-refractivity contribution in [2.45, 2.75) is 64.8 Å². The summed E-state index contributed by atoms with van der Waals surface area (Å²) in [5, 5.41) is 3.37. The molecule has 1 unspecified atom stereocenters. The van der Waals surface area contributed by atoms with Crippen LogP contribution in [0.1, 0.15) is 58.8 Å². The summed E-state index contributed by atoms with van der Waals surface area (Å²) in [6.45, 7) is 6.06. The van der Waals surface area contributed by atoms with Gasteiger partial charge in [-0.25, -0.2) is 0 Å². The number of rotatable bonds is 11. The minimum absolute atomic E-state index is 0.651. The first-order chi connectivity index (χ1) is 7.35. The molecule has 0 aromatic heterocycles. The third kappa shape index (κ3) is 10.2. The highest BCUT2D eigenvalue weighted by Gasteiger charge is 2.04. The lowest BCUT2D eigenvalue weighted by molar-refractivity contribution is 0.136. The molecule has 2 heteroatoms. The lowest BCUT2D eigenvalue weighted by Crippen LogP contribution is -2.26. The molecule has 0 aliphatic carbocycles. The van der Waals surface area contributed by atoms with Gasteiger partial charge in [0.2, 0.25) is 0 Å². The average molecular weight is 215 g/mol. The zero-order chi connectivity index (χ0) is 11.4. The molecule has 0 aromatic rings. The monoisotopic (exact) mass is 215 g/mol. The second-order valence-electron chi connectivity index (χ2n) is 4.17. The maximum absolute atomic E-state index is 5.37. The van der Waals surface area contributed by atoms with Crippen molar-refractivity contribution in [3.05, 3.63) is 0 Å². The van der Waals surface area contributed by atoms with Crippen molar-refractivity contribution < 1.29 is 4.74 Å². The Labute approximate surface area is 95.8 Å². The molecule has 92 valence electrons. The van der Waals surface area contributed by atoms with E-state index in [-0.39, 0.29) is 0 Å². The Morgan fingerprint density at radius 1 is 1.00 bits per heavy atom. The van der Waals surface area contributed by atoms with Crippen molar-refractivity contribution in [1.82, 2.24) is 5.32 Å². The Balaban J connectivity index is 3.28. The molecular weight excluding hydrogens is 186 g/mol. The fourth-order valence-electron chi connectivity index (χ4n) is 1.80. The average Bonchev–Trinajstić information content (AvgIpc) is 2.26. The van der Waals surface area contributed by atoms with Crippen LogP contribution in [-0.4, -0.2) is 26.3 Å². The molecule has 0 radical (unpaired) electrons. The zero-order valence-electron chi connectivity index (χ0n) is 10.8. The Hall–Kier alpha value is -0.0800. The van der Waals surface area contributed by atoms with Crippen LogP contribution >= 0.6 is 0 Å². The molecule has 0 rings (SSSR count). The molecule has 0 saturated carbocycles. The van der Waals surface area contributed by atoms with Gasteiger partial charge in [-0.05, 0) is 26.8 Å². The topological polar surface area (TPSA) is 21.3 Å². The minimum atomic E-state index is 0.651. The maximum atomic E-state index is 5.37. The van der Waals surface area contributed by atoms with Crippen LogP contribution in [0.4, 0.5) is 0 Å². The number of hydrogen-bond donors (Lipinski definition) is 1. The van der Waals surface area contributed by atoms with E-state index in [0.29, 0.717) is 6.04 Å². The smallest absolute Gasteiger partial charge is 0.0480 e. The first kappa shape index (κ1) is 14.9. The molecule has 0 bridgehead atoms. The second-order valence-corrected chi connectivity index (χ2v) is 4.17. The van der Waals surface area contributed by atoms with E-state index >= 15 is 0 Å². The summed E-state index contributed by atoms with van der Waals surface area (Å²) in [6, 6.07) is 0.651. The van der Waals surface area contributed by atoms with Crippen molar-refractivity contribution in [3.63, 3.8) is 0 Å². The molecule has 0 fully saturated rings. The highest BCUT2D eigenvalue weighted by atomic mass is 16.5. The predicted molar refractivity (Wildman–Crippen MR) is 67.3 cm³/mol. The van der Waals surface area contributed by atoms with E-state index in [9.17, 15) is 0 Å². The summed E-state index contributed by atoms with van der Waals surface area (Å²) in [4.78, 5) is 0. The minimum Gasteiger partial charge on any atom is -0.382 e. The highest BCUT2D eigenvalue weighted by Crippen LogP contribution is 2.09. The van der Waals surface area contributed by atoms with Crippen LogP contribution in [-0.2, 0) is 4.74 Å². The Morgan fingerprint density at radius 3 is 2.33 bits per heavy atom. The van der Waals surface area contributed by atoms with Gasteiger partial charge in [-0.3, -0.25) is 0 Å². The van der Waals surface area contributed by atoms with Gasteiger partial charge in [-0.15, -0.1) is 0 Å². The molecule has 0 amide bonds. The van der Waals surface area contributed by atoms with Crippen LogP contribution in [0.25, 0.3) is 0 Å². The lowest BCUT2D eigenvalue weighted by atomic mass is 10.0. The summed E-state index contributed by atoms with van der Waals surface area (Å²) in [5.74, 6) is 0. The van der Waals surface area contributed by atoms with Gasteiger partial charge in [-0.2, -0.15) is 0 Å². The van der Waals surface area contributed by atoms with E-state index in [4.69, 9.17) is 4.74 Å². The third-order valence-electron chi connectivity index (χ3n) is 2.88. The Morgan fingerprint density at radius 2 is 1.73 bits per heavy atom. The van der Waals surface area contributed by atoms with Gasteiger partial charge in [-0.1, -0.05) is 39.0 Å². The standard InChI is InChI=1S/C13H29NO/c1-4-6-7-8-9-10-13(14-3)11-12-15-5-2/h13-14H,4-12H2,1-3H3. The molecule has 1 N–H and O–H groups in total. The molecule has 0 aliphatic heterocycles.